The monoisotopic (exact) mass is 434 g/mol. The van der Waals surface area contributed by atoms with Crippen LogP contribution in [0.3, 0.4) is 0 Å². The van der Waals surface area contributed by atoms with E-state index in [1.165, 1.54) is 63.0 Å². The Morgan fingerprint density at radius 2 is 1.72 bits per heavy atom. The maximum atomic E-state index is 5.00. The van der Waals surface area contributed by atoms with Gasteiger partial charge >= 0.3 is 0 Å². The zero-order chi connectivity index (χ0) is 21.8. The molecule has 0 atom stereocenters. The first-order chi connectivity index (χ1) is 15.7. The van der Waals surface area contributed by atoms with Crippen LogP contribution in [0.25, 0.3) is 11.0 Å². The highest BCUT2D eigenvalue weighted by Gasteiger charge is 2.28. The fraction of sp³-hybridized carbons (Fsp3) is 0.560. The SMILES string of the molecule is CN1CCC(N2CCC(CN(Cc3ccncc3)Cc3cccc4nonc34)CC2)CC1. The molecular weight excluding hydrogens is 400 g/mol. The van der Waals surface area contributed by atoms with Crippen molar-refractivity contribution in [1.82, 2.24) is 30.0 Å². The van der Waals surface area contributed by atoms with Crippen molar-refractivity contribution in [3.8, 4) is 0 Å². The first kappa shape index (κ1) is 21.5. The van der Waals surface area contributed by atoms with Crippen LogP contribution in [0.5, 0.6) is 0 Å². The van der Waals surface area contributed by atoms with Crippen molar-refractivity contribution < 1.29 is 4.63 Å². The third kappa shape index (κ3) is 5.17. The van der Waals surface area contributed by atoms with Gasteiger partial charge in [-0.3, -0.25) is 9.88 Å². The van der Waals surface area contributed by atoms with E-state index >= 15 is 0 Å². The van der Waals surface area contributed by atoms with Crippen LogP contribution in [0, 0.1) is 5.92 Å². The van der Waals surface area contributed by atoms with Gasteiger partial charge in [-0.25, -0.2) is 4.63 Å². The summed E-state index contributed by atoms with van der Waals surface area (Å²) >= 11 is 0. The molecule has 0 unspecified atom stereocenters. The van der Waals surface area contributed by atoms with Crippen molar-refractivity contribution in [2.24, 2.45) is 5.92 Å². The third-order valence-electron chi connectivity index (χ3n) is 7.29. The molecule has 0 aliphatic carbocycles. The second kappa shape index (κ2) is 10.1. The number of hydrogen-bond acceptors (Lipinski definition) is 7. The molecule has 2 fully saturated rings. The number of rotatable bonds is 7. The number of pyridine rings is 1. The Hall–Kier alpha value is -2.35. The maximum Gasteiger partial charge on any atom is 0.139 e. The lowest BCUT2D eigenvalue weighted by atomic mass is 9.92. The molecule has 0 N–H and O–H groups in total. The van der Waals surface area contributed by atoms with E-state index in [9.17, 15) is 0 Å². The molecule has 2 saturated heterocycles. The summed E-state index contributed by atoms with van der Waals surface area (Å²) < 4.78 is 5.00. The van der Waals surface area contributed by atoms with Gasteiger partial charge in [-0.05, 0) is 104 Å². The van der Waals surface area contributed by atoms with Crippen LogP contribution in [0.2, 0.25) is 0 Å². The second-order valence-corrected chi connectivity index (χ2v) is 9.59. The summed E-state index contributed by atoms with van der Waals surface area (Å²) in [5.74, 6) is 0.731. The number of nitrogens with zero attached hydrogens (tertiary/aromatic N) is 6. The van der Waals surface area contributed by atoms with Crippen LogP contribution in [0.1, 0.15) is 36.8 Å². The minimum absolute atomic E-state index is 0.731. The summed E-state index contributed by atoms with van der Waals surface area (Å²) in [5.41, 5.74) is 4.19. The zero-order valence-corrected chi connectivity index (χ0v) is 19.1. The largest absolute Gasteiger partial charge is 0.306 e. The standard InChI is InChI=1S/C25H34N6O/c1-29-13-9-23(10-14-29)31-15-7-21(8-16-31)18-30(17-20-5-11-26-12-6-20)19-22-3-2-4-24-25(22)28-32-27-24/h2-6,11-12,21,23H,7-10,13-19H2,1H3. The van der Waals surface area contributed by atoms with Crippen molar-refractivity contribution in [1.29, 1.82) is 0 Å². The van der Waals surface area contributed by atoms with Gasteiger partial charge in [0.1, 0.15) is 11.0 Å². The van der Waals surface area contributed by atoms with Crippen LogP contribution in [0.4, 0.5) is 0 Å². The van der Waals surface area contributed by atoms with Gasteiger partial charge in [-0.15, -0.1) is 0 Å². The summed E-state index contributed by atoms with van der Waals surface area (Å²) in [6.45, 7) is 7.84. The van der Waals surface area contributed by atoms with Crippen molar-refractivity contribution in [2.45, 2.75) is 44.8 Å². The van der Waals surface area contributed by atoms with E-state index in [0.29, 0.717) is 0 Å². The summed E-state index contributed by atoms with van der Waals surface area (Å²) in [6.07, 6.45) is 8.99. The van der Waals surface area contributed by atoms with Gasteiger partial charge in [0.05, 0.1) is 0 Å². The van der Waals surface area contributed by atoms with E-state index in [1.54, 1.807) is 0 Å². The normalized spacial score (nSPS) is 19.8. The quantitative estimate of drug-likeness (QED) is 0.565. The fourth-order valence-electron chi connectivity index (χ4n) is 5.39. The third-order valence-corrected chi connectivity index (χ3v) is 7.29. The van der Waals surface area contributed by atoms with Gasteiger partial charge < -0.3 is 9.80 Å². The molecule has 32 heavy (non-hydrogen) atoms. The minimum atomic E-state index is 0.731. The van der Waals surface area contributed by atoms with E-state index in [1.807, 2.05) is 24.5 Å². The van der Waals surface area contributed by atoms with Gasteiger partial charge in [0, 0.05) is 38.1 Å². The van der Waals surface area contributed by atoms with E-state index < -0.39 is 0 Å². The van der Waals surface area contributed by atoms with Gasteiger partial charge in [-0.1, -0.05) is 12.1 Å². The van der Waals surface area contributed by atoms with Crippen LogP contribution in [-0.2, 0) is 13.1 Å². The lowest BCUT2D eigenvalue weighted by molar-refractivity contribution is 0.0729. The minimum Gasteiger partial charge on any atom is -0.306 e. The van der Waals surface area contributed by atoms with E-state index in [-0.39, 0.29) is 0 Å². The van der Waals surface area contributed by atoms with Crippen molar-refractivity contribution in [2.75, 3.05) is 39.8 Å². The highest BCUT2D eigenvalue weighted by atomic mass is 16.6. The van der Waals surface area contributed by atoms with Gasteiger partial charge in [0.25, 0.3) is 0 Å². The lowest BCUT2D eigenvalue weighted by Crippen LogP contribution is -2.47. The topological polar surface area (TPSA) is 61.5 Å². The molecule has 0 amide bonds. The molecule has 5 rings (SSSR count). The molecule has 2 aromatic heterocycles. The number of fused-ring (bicyclic) bond motifs is 1. The maximum absolute atomic E-state index is 5.00. The summed E-state index contributed by atoms with van der Waals surface area (Å²) in [6, 6.07) is 11.2. The molecular formula is C25H34N6O. The van der Waals surface area contributed by atoms with E-state index in [0.717, 1.165) is 42.6 Å². The average molecular weight is 435 g/mol. The first-order valence-corrected chi connectivity index (χ1v) is 12.0. The highest BCUT2D eigenvalue weighted by Crippen LogP contribution is 2.26. The Labute approximate surface area is 190 Å². The molecule has 2 aliphatic rings. The molecule has 0 saturated carbocycles. The number of hydrogen-bond donors (Lipinski definition) is 0. The number of benzene rings is 1. The Kier molecular flexibility index (Phi) is 6.76. The van der Waals surface area contributed by atoms with Crippen LogP contribution in [0.15, 0.2) is 47.4 Å². The summed E-state index contributed by atoms with van der Waals surface area (Å²) in [5, 5.41) is 8.18. The molecule has 3 aromatic rings. The Morgan fingerprint density at radius 1 is 0.938 bits per heavy atom. The molecule has 0 bridgehead atoms. The first-order valence-electron chi connectivity index (χ1n) is 12.0. The van der Waals surface area contributed by atoms with Crippen molar-refractivity contribution in [3.63, 3.8) is 0 Å². The lowest BCUT2D eigenvalue weighted by Gasteiger charge is -2.42. The zero-order valence-electron chi connectivity index (χ0n) is 19.1. The molecule has 0 spiro atoms. The van der Waals surface area contributed by atoms with Crippen LogP contribution >= 0.6 is 0 Å². The number of likely N-dealkylation sites (tertiary alicyclic amines) is 2. The predicted molar refractivity (Wildman–Crippen MR) is 125 cm³/mol. The van der Waals surface area contributed by atoms with Crippen LogP contribution < -0.4 is 0 Å². The van der Waals surface area contributed by atoms with Gasteiger partial charge in [0.2, 0.25) is 0 Å². The number of aromatic nitrogens is 3. The Morgan fingerprint density at radius 3 is 2.50 bits per heavy atom. The Balaban J connectivity index is 1.24. The molecule has 1 aromatic carbocycles. The van der Waals surface area contributed by atoms with E-state index in [2.05, 4.69) is 55.2 Å². The molecule has 4 heterocycles. The summed E-state index contributed by atoms with van der Waals surface area (Å²) in [4.78, 5) is 12.0. The molecule has 0 radical (unpaired) electrons. The predicted octanol–water partition coefficient (Wildman–Crippen LogP) is 3.43. The smallest absolute Gasteiger partial charge is 0.139 e. The highest BCUT2D eigenvalue weighted by molar-refractivity contribution is 5.76. The summed E-state index contributed by atoms with van der Waals surface area (Å²) in [7, 11) is 2.25. The molecule has 170 valence electrons. The van der Waals surface area contributed by atoms with Crippen molar-refractivity contribution in [3.05, 3.63) is 53.9 Å². The van der Waals surface area contributed by atoms with Gasteiger partial charge in [-0.2, -0.15) is 0 Å². The Bertz CT molecular complexity index is 976. The van der Waals surface area contributed by atoms with Gasteiger partial charge in [0.15, 0.2) is 0 Å². The molecule has 7 heteroatoms. The molecule has 2 aliphatic heterocycles. The second-order valence-electron chi connectivity index (χ2n) is 9.59. The van der Waals surface area contributed by atoms with Crippen LogP contribution in [-0.4, -0.2) is 75.8 Å². The van der Waals surface area contributed by atoms with Crippen molar-refractivity contribution >= 4 is 11.0 Å². The van der Waals surface area contributed by atoms with E-state index in [4.69, 9.17) is 4.63 Å². The number of piperidine rings is 2. The molecule has 7 nitrogen and oxygen atoms in total. The average Bonchev–Trinajstić information content (AvgIpc) is 3.31. The fourth-order valence-corrected chi connectivity index (χ4v) is 5.39.